The topological polar surface area (TPSA) is 137 Å². The predicted octanol–water partition coefficient (Wildman–Crippen LogP) is 3.15. The minimum Gasteiger partial charge on any atom is -0.399 e. The predicted molar refractivity (Wildman–Crippen MR) is 111 cm³/mol. The van der Waals surface area contributed by atoms with Gasteiger partial charge in [-0.2, -0.15) is 0 Å². The van der Waals surface area contributed by atoms with Crippen LogP contribution in [0.4, 0.5) is 11.4 Å². The molecule has 0 saturated carbocycles. The molecule has 0 unspecified atom stereocenters. The largest absolute Gasteiger partial charge is 0.399 e. The van der Waals surface area contributed by atoms with Gasteiger partial charge in [0.1, 0.15) is 0 Å². The molecule has 0 saturated heterocycles. The zero-order valence-electron chi connectivity index (χ0n) is 16.9. The molecule has 0 aliphatic carbocycles. The molecule has 0 fully saturated rings. The van der Waals surface area contributed by atoms with Gasteiger partial charge in [-0.05, 0) is 62.1 Å². The van der Waals surface area contributed by atoms with Gasteiger partial charge in [0.05, 0.1) is 14.7 Å². The van der Waals surface area contributed by atoms with E-state index in [2.05, 4.69) is 0 Å². The molecule has 2 aromatic carbocycles. The van der Waals surface area contributed by atoms with E-state index in [0.29, 0.717) is 21.7 Å². The fraction of sp³-hybridized carbons (Fsp3) is 0.333. The second-order valence-electron chi connectivity index (χ2n) is 6.65. The van der Waals surface area contributed by atoms with Crippen LogP contribution in [-0.4, -0.2) is 34.3 Å². The molecule has 0 atom stereocenters. The number of benzene rings is 2. The van der Waals surface area contributed by atoms with Crippen LogP contribution in [-0.2, 0) is 40.1 Å². The minimum absolute atomic E-state index is 0. The number of nitro groups is 1. The van der Waals surface area contributed by atoms with Crippen LogP contribution >= 0.6 is 0 Å². The number of non-ortho nitro benzene ring substituents is 1. The molecule has 0 heterocycles. The van der Waals surface area contributed by atoms with Gasteiger partial charge in [-0.15, -0.1) is 0 Å². The molecule has 0 aliphatic rings. The second-order valence-corrected chi connectivity index (χ2v) is 10.6. The van der Waals surface area contributed by atoms with Crippen molar-refractivity contribution in [3.63, 3.8) is 0 Å². The van der Waals surface area contributed by atoms with E-state index in [-0.39, 0.29) is 32.4 Å². The Hall–Kier alpha value is -1.80. The Morgan fingerprint density at radius 3 is 1.59 bits per heavy atom. The van der Waals surface area contributed by atoms with Crippen molar-refractivity contribution in [1.82, 2.24) is 0 Å². The summed E-state index contributed by atoms with van der Waals surface area (Å²) in [4.78, 5) is 10.3. The first-order valence-corrected chi connectivity index (χ1v) is 11.9. The molecule has 11 heteroatoms. The number of rotatable bonds is 3. The first-order valence-electron chi connectivity index (χ1n) is 8.08. The van der Waals surface area contributed by atoms with Crippen LogP contribution in [0.25, 0.3) is 0 Å². The van der Waals surface area contributed by atoms with Gasteiger partial charge in [0.2, 0.25) is 0 Å². The van der Waals surface area contributed by atoms with Crippen LogP contribution in [0.1, 0.15) is 23.7 Å². The summed E-state index contributed by atoms with van der Waals surface area (Å²) in [7, 11) is -6.57. The van der Waals surface area contributed by atoms with Crippen molar-refractivity contribution in [3.05, 3.63) is 56.6 Å². The third-order valence-electron chi connectivity index (χ3n) is 4.26. The summed E-state index contributed by atoms with van der Waals surface area (Å²) in [5.74, 6) is 0. The average Bonchev–Trinajstić information content (AvgIpc) is 2.51. The quantitative estimate of drug-likeness (QED) is 0.275. The first-order chi connectivity index (χ1) is 12.6. The zero-order chi connectivity index (χ0) is 22.0. The van der Waals surface area contributed by atoms with E-state index in [1.807, 2.05) is 6.92 Å². The van der Waals surface area contributed by atoms with Gasteiger partial charge in [-0.1, -0.05) is 0 Å². The molecular formula is C18H26N2O6PdS2. The molecule has 0 bridgehead atoms. The van der Waals surface area contributed by atoms with Crippen LogP contribution < -0.4 is 5.73 Å². The zero-order valence-corrected chi connectivity index (χ0v) is 20.1. The molecule has 8 nitrogen and oxygen atoms in total. The number of anilines is 1. The molecule has 29 heavy (non-hydrogen) atoms. The van der Waals surface area contributed by atoms with Crippen molar-refractivity contribution < 1.29 is 43.6 Å². The van der Waals surface area contributed by atoms with E-state index >= 15 is 0 Å². The first kappa shape index (κ1) is 27.2. The summed E-state index contributed by atoms with van der Waals surface area (Å²) < 4.78 is 45.3. The van der Waals surface area contributed by atoms with Gasteiger partial charge in [-0.3, -0.25) is 10.1 Å². The average molecular weight is 537 g/mol. The summed E-state index contributed by atoms with van der Waals surface area (Å²) in [6.07, 6.45) is 2.23. The summed E-state index contributed by atoms with van der Waals surface area (Å²) >= 11 is 0. The van der Waals surface area contributed by atoms with Crippen molar-refractivity contribution in [2.45, 2.75) is 37.5 Å². The maximum absolute atomic E-state index is 11.4. The smallest absolute Gasteiger partial charge is 0.271 e. The molecule has 0 radical (unpaired) electrons. The Labute approximate surface area is 186 Å². The van der Waals surface area contributed by atoms with Crippen LogP contribution in [0, 0.1) is 37.8 Å². The van der Waals surface area contributed by atoms with Gasteiger partial charge >= 0.3 is 0 Å². The number of nitro benzene ring substituents is 1. The SMILES string of the molecule is Cc1cc(N)cc(S(C)(=O)=O)c1C.Cc1cc([N+](=O)[O-])cc(S(C)(=O)=O)c1C.[HH].[Pd]. The second kappa shape index (κ2) is 9.80. The van der Waals surface area contributed by atoms with Crippen LogP contribution in [0.5, 0.6) is 0 Å². The maximum Gasteiger partial charge on any atom is 0.271 e. The molecule has 2 rings (SSSR count). The summed E-state index contributed by atoms with van der Waals surface area (Å²) in [6, 6.07) is 5.73. The van der Waals surface area contributed by atoms with E-state index < -0.39 is 24.6 Å². The Balaban J connectivity index is 0. The molecule has 0 amide bonds. The molecule has 166 valence electrons. The van der Waals surface area contributed by atoms with E-state index in [9.17, 15) is 26.9 Å². The van der Waals surface area contributed by atoms with Crippen molar-refractivity contribution in [2.24, 2.45) is 0 Å². The van der Waals surface area contributed by atoms with E-state index in [1.54, 1.807) is 26.8 Å². The Bertz CT molecular complexity index is 1150. The monoisotopic (exact) mass is 536 g/mol. The molecule has 2 aromatic rings. The standard InChI is InChI=1S/C9H11NO4S.C9H13NO2S.Pd.H2/c1-6-4-8(10(11)12)5-9(7(6)2)15(3,13)14;1-6-4-8(10)5-9(7(6)2)13(3,11)12;;/h4-5H,1-3H3;4-5H,10H2,1-3H3;;1H. The van der Waals surface area contributed by atoms with Crippen molar-refractivity contribution >= 4 is 31.0 Å². The number of hydrogen-bond donors (Lipinski definition) is 1. The fourth-order valence-corrected chi connectivity index (χ4v) is 4.66. The molecule has 0 aliphatic heterocycles. The summed E-state index contributed by atoms with van der Waals surface area (Å²) in [5.41, 5.74) is 8.69. The van der Waals surface area contributed by atoms with Gasteiger partial charge in [0, 0.05) is 52.2 Å². The fourth-order valence-electron chi connectivity index (χ4n) is 2.54. The van der Waals surface area contributed by atoms with Crippen molar-refractivity contribution in [2.75, 3.05) is 18.2 Å². The van der Waals surface area contributed by atoms with Gasteiger partial charge in [0.25, 0.3) is 5.69 Å². The number of aryl methyl sites for hydroxylation is 2. The minimum atomic E-state index is -3.42. The van der Waals surface area contributed by atoms with E-state index in [4.69, 9.17) is 5.73 Å². The van der Waals surface area contributed by atoms with Gasteiger partial charge in [-0.25, -0.2) is 16.8 Å². The number of sulfone groups is 2. The number of nitrogen functional groups attached to an aromatic ring is 1. The summed E-state index contributed by atoms with van der Waals surface area (Å²) in [5, 5.41) is 10.6. The van der Waals surface area contributed by atoms with E-state index in [1.165, 1.54) is 18.4 Å². The Morgan fingerprint density at radius 1 is 0.828 bits per heavy atom. The van der Waals surface area contributed by atoms with Crippen LogP contribution in [0.2, 0.25) is 0 Å². The molecular weight excluding hydrogens is 511 g/mol. The van der Waals surface area contributed by atoms with Gasteiger partial charge < -0.3 is 5.73 Å². The third kappa shape index (κ3) is 7.19. The Kier molecular flexibility index (Phi) is 9.20. The van der Waals surface area contributed by atoms with Crippen LogP contribution in [0.15, 0.2) is 34.1 Å². The number of nitrogens with two attached hydrogens (primary N) is 1. The maximum atomic E-state index is 11.4. The van der Waals surface area contributed by atoms with Crippen molar-refractivity contribution in [1.29, 1.82) is 0 Å². The molecule has 2 N–H and O–H groups in total. The van der Waals surface area contributed by atoms with Crippen LogP contribution in [0.3, 0.4) is 0 Å². The molecule has 0 aromatic heterocycles. The Morgan fingerprint density at radius 2 is 1.21 bits per heavy atom. The number of nitrogens with zero attached hydrogens (tertiary/aromatic N) is 1. The third-order valence-corrected chi connectivity index (χ3v) is 6.70. The van der Waals surface area contributed by atoms with E-state index in [0.717, 1.165) is 23.4 Å². The van der Waals surface area contributed by atoms with Gasteiger partial charge in [0.15, 0.2) is 19.7 Å². The summed E-state index contributed by atoms with van der Waals surface area (Å²) in [6.45, 7) is 6.91. The molecule has 0 spiro atoms. The normalized spacial score (nSPS) is 11.1. The van der Waals surface area contributed by atoms with Crippen molar-refractivity contribution in [3.8, 4) is 0 Å². The number of hydrogen-bond acceptors (Lipinski definition) is 7.